The summed E-state index contributed by atoms with van der Waals surface area (Å²) in [5.74, 6) is -0.447. The molecule has 0 bridgehead atoms. The first-order chi connectivity index (χ1) is 4.29. The summed E-state index contributed by atoms with van der Waals surface area (Å²) in [5, 5.41) is 0. The Bertz CT molecular complexity index is 141. The lowest BCUT2D eigenvalue weighted by atomic mass is 10.3. The number of ether oxygens (including phenoxy) is 1. The summed E-state index contributed by atoms with van der Waals surface area (Å²) in [6.07, 6.45) is 1.48. The molecular formula is C6H8O3. The van der Waals surface area contributed by atoms with Crippen LogP contribution in [-0.4, -0.2) is 19.4 Å². The molecule has 0 aliphatic heterocycles. The van der Waals surface area contributed by atoms with Crippen molar-refractivity contribution < 1.29 is 14.3 Å². The number of rotatable bonds is 2. The molecule has 0 unspecified atom stereocenters. The highest BCUT2D eigenvalue weighted by molar-refractivity contribution is 5.81. The van der Waals surface area contributed by atoms with E-state index in [1.807, 2.05) is 0 Å². The monoisotopic (exact) mass is 128 g/mol. The smallest absolute Gasteiger partial charge is 0.309 e. The number of carbonyl (C=O) groups excluding carboxylic acids is 2. The third-order valence-corrected chi connectivity index (χ3v) is 1.52. The van der Waals surface area contributed by atoms with E-state index in [2.05, 4.69) is 4.74 Å². The van der Waals surface area contributed by atoms with Crippen LogP contribution in [0.2, 0.25) is 0 Å². The van der Waals surface area contributed by atoms with Gasteiger partial charge < -0.3 is 9.53 Å². The summed E-state index contributed by atoms with van der Waals surface area (Å²) in [7, 11) is 1.34. The van der Waals surface area contributed by atoms with Gasteiger partial charge in [0.2, 0.25) is 0 Å². The molecule has 3 nitrogen and oxygen atoms in total. The van der Waals surface area contributed by atoms with E-state index in [4.69, 9.17) is 0 Å². The van der Waals surface area contributed by atoms with E-state index in [1.165, 1.54) is 7.11 Å². The summed E-state index contributed by atoms with van der Waals surface area (Å²) >= 11 is 0. The Morgan fingerprint density at radius 2 is 2.44 bits per heavy atom. The van der Waals surface area contributed by atoms with Gasteiger partial charge in [0.25, 0.3) is 0 Å². The van der Waals surface area contributed by atoms with E-state index < -0.39 is 0 Å². The van der Waals surface area contributed by atoms with Crippen LogP contribution in [0.15, 0.2) is 0 Å². The summed E-state index contributed by atoms with van der Waals surface area (Å²) in [4.78, 5) is 20.6. The second-order valence-electron chi connectivity index (χ2n) is 2.17. The van der Waals surface area contributed by atoms with Gasteiger partial charge in [0.15, 0.2) is 0 Å². The lowest BCUT2D eigenvalue weighted by Gasteiger charge is -1.91. The molecule has 0 N–H and O–H groups in total. The van der Waals surface area contributed by atoms with Gasteiger partial charge >= 0.3 is 5.97 Å². The second-order valence-corrected chi connectivity index (χ2v) is 2.17. The van der Waals surface area contributed by atoms with Crippen LogP contribution in [-0.2, 0) is 14.3 Å². The first-order valence-corrected chi connectivity index (χ1v) is 2.82. The molecule has 0 saturated heterocycles. The lowest BCUT2D eigenvalue weighted by molar-refractivity contribution is -0.142. The van der Waals surface area contributed by atoms with Crippen molar-refractivity contribution >= 4 is 12.3 Å². The average Bonchev–Trinajstić information content (AvgIpc) is 2.64. The van der Waals surface area contributed by atoms with Crippen LogP contribution in [0, 0.1) is 11.8 Å². The third-order valence-electron chi connectivity index (χ3n) is 1.52. The Morgan fingerprint density at radius 3 is 2.78 bits per heavy atom. The van der Waals surface area contributed by atoms with E-state index >= 15 is 0 Å². The molecule has 50 valence electrons. The molecule has 1 rings (SSSR count). The van der Waals surface area contributed by atoms with Crippen molar-refractivity contribution in [2.24, 2.45) is 11.8 Å². The number of hydrogen-bond acceptors (Lipinski definition) is 3. The van der Waals surface area contributed by atoms with Gasteiger partial charge in [-0.25, -0.2) is 0 Å². The molecule has 1 aliphatic carbocycles. The normalized spacial score (nSPS) is 31.2. The Hall–Kier alpha value is -0.860. The lowest BCUT2D eigenvalue weighted by Crippen LogP contribution is -2.04. The molecule has 1 fully saturated rings. The van der Waals surface area contributed by atoms with Gasteiger partial charge in [-0.2, -0.15) is 0 Å². The molecule has 1 aliphatic rings. The summed E-state index contributed by atoms with van der Waals surface area (Å²) in [6.45, 7) is 0. The molecule has 9 heavy (non-hydrogen) atoms. The molecule has 0 amide bonds. The summed E-state index contributed by atoms with van der Waals surface area (Å²) in [6, 6.07) is 0. The first kappa shape index (κ1) is 6.26. The molecule has 0 heterocycles. The maximum absolute atomic E-state index is 10.6. The van der Waals surface area contributed by atoms with Gasteiger partial charge in [-0.15, -0.1) is 0 Å². The van der Waals surface area contributed by atoms with Gasteiger partial charge in [-0.1, -0.05) is 0 Å². The SMILES string of the molecule is COC(=O)[C@H]1C[C@@H]1C=O. The van der Waals surface area contributed by atoms with Crippen LogP contribution in [0.3, 0.4) is 0 Å². The Morgan fingerprint density at radius 1 is 1.78 bits per heavy atom. The minimum Gasteiger partial charge on any atom is -0.469 e. The van der Waals surface area contributed by atoms with Gasteiger partial charge in [-0.05, 0) is 6.42 Å². The Labute approximate surface area is 53.0 Å². The largest absolute Gasteiger partial charge is 0.469 e. The van der Waals surface area contributed by atoms with Crippen LogP contribution in [0.5, 0.6) is 0 Å². The first-order valence-electron chi connectivity index (χ1n) is 2.82. The van der Waals surface area contributed by atoms with E-state index in [1.54, 1.807) is 0 Å². The zero-order valence-electron chi connectivity index (χ0n) is 5.16. The summed E-state index contributed by atoms with van der Waals surface area (Å²) < 4.78 is 4.41. The van der Waals surface area contributed by atoms with E-state index in [0.717, 1.165) is 6.29 Å². The quantitative estimate of drug-likeness (QED) is 0.388. The van der Waals surface area contributed by atoms with Crippen LogP contribution < -0.4 is 0 Å². The predicted molar refractivity (Wildman–Crippen MR) is 29.7 cm³/mol. The topological polar surface area (TPSA) is 43.4 Å². The second kappa shape index (κ2) is 2.17. The molecule has 2 atom stereocenters. The zero-order chi connectivity index (χ0) is 6.85. The molecule has 1 saturated carbocycles. The van der Waals surface area contributed by atoms with Crippen molar-refractivity contribution in [3.63, 3.8) is 0 Å². The fourth-order valence-electron chi connectivity index (χ4n) is 0.787. The Balaban J connectivity index is 2.33. The fraction of sp³-hybridized carbons (Fsp3) is 0.667. The van der Waals surface area contributed by atoms with Crippen molar-refractivity contribution in [3.05, 3.63) is 0 Å². The number of carbonyl (C=O) groups is 2. The maximum atomic E-state index is 10.6. The molecule has 0 aromatic carbocycles. The third kappa shape index (κ3) is 1.09. The van der Waals surface area contributed by atoms with E-state index in [9.17, 15) is 9.59 Å². The van der Waals surface area contributed by atoms with Gasteiger partial charge in [0.1, 0.15) is 6.29 Å². The van der Waals surface area contributed by atoms with Crippen molar-refractivity contribution in [2.45, 2.75) is 6.42 Å². The van der Waals surface area contributed by atoms with Crippen molar-refractivity contribution in [3.8, 4) is 0 Å². The number of aldehydes is 1. The van der Waals surface area contributed by atoms with Crippen LogP contribution in [0.4, 0.5) is 0 Å². The standard InChI is InChI=1S/C6H8O3/c1-9-6(8)5-2-4(5)3-7/h3-5H,2H2,1H3/t4-,5+/m1/s1. The van der Waals surface area contributed by atoms with Gasteiger partial charge in [0.05, 0.1) is 13.0 Å². The minimum atomic E-state index is -0.257. The molecule has 3 heteroatoms. The average molecular weight is 128 g/mol. The van der Waals surface area contributed by atoms with Gasteiger partial charge in [0, 0.05) is 5.92 Å². The van der Waals surface area contributed by atoms with Crippen LogP contribution >= 0.6 is 0 Å². The highest BCUT2D eigenvalue weighted by Gasteiger charge is 2.43. The van der Waals surface area contributed by atoms with Crippen molar-refractivity contribution in [1.29, 1.82) is 0 Å². The highest BCUT2D eigenvalue weighted by Crippen LogP contribution is 2.37. The summed E-state index contributed by atoms with van der Waals surface area (Å²) in [5.41, 5.74) is 0. The molecule has 0 aromatic heterocycles. The Kier molecular flexibility index (Phi) is 1.51. The number of methoxy groups -OCH3 is 1. The van der Waals surface area contributed by atoms with Crippen molar-refractivity contribution in [2.75, 3.05) is 7.11 Å². The highest BCUT2D eigenvalue weighted by atomic mass is 16.5. The number of hydrogen-bond donors (Lipinski definition) is 0. The predicted octanol–water partition coefficient (Wildman–Crippen LogP) is -0.00560. The molecule has 0 aromatic rings. The maximum Gasteiger partial charge on any atom is 0.309 e. The van der Waals surface area contributed by atoms with E-state index in [0.29, 0.717) is 6.42 Å². The molecule has 0 spiro atoms. The fourth-order valence-corrected chi connectivity index (χ4v) is 0.787. The van der Waals surface area contributed by atoms with Crippen LogP contribution in [0.1, 0.15) is 6.42 Å². The molecule has 0 radical (unpaired) electrons. The van der Waals surface area contributed by atoms with Crippen LogP contribution in [0.25, 0.3) is 0 Å². The number of esters is 1. The minimum absolute atomic E-state index is 0.0579. The molecular weight excluding hydrogens is 120 g/mol. The van der Waals surface area contributed by atoms with Crippen molar-refractivity contribution in [1.82, 2.24) is 0 Å². The van der Waals surface area contributed by atoms with E-state index in [-0.39, 0.29) is 17.8 Å². The zero-order valence-corrected chi connectivity index (χ0v) is 5.16. The van der Waals surface area contributed by atoms with Gasteiger partial charge in [-0.3, -0.25) is 4.79 Å².